The van der Waals surface area contributed by atoms with Gasteiger partial charge in [0, 0.05) is 56.9 Å². The number of amides is 1. The monoisotopic (exact) mass is 313 g/mol. The van der Waals surface area contributed by atoms with Crippen LogP contribution in [-0.4, -0.2) is 58.5 Å². The topological polar surface area (TPSA) is 53.4 Å². The van der Waals surface area contributed by atoms with E-state index in [2.05, 4.69) is 22.2 Å². The normalized spacial score (nSPS) is 15.7. The first-order valence-corrected chi connectivity index (χ1v) is 7.91. The van der Waals surface area contributed by atoms with Crippen molar-refractivity contribution in [2.45, 2.75) is 6.54 Å². The molecule has 1 N–H and O–H groups in total. The van der Waals surface area contributed by atoms with Crippen LogP contribution in [0.5, 0.6) is 0 Å². The molecule has 122 valence electrons. The number of nitrogens with one attached hydrogen (secondary N) is 1. The summed E-state index contributed by atoms with van der Waals surface area (Å²) < 4.78 is 1.98. The molecule has 23 heavy (non-hydrogen) atoms. The van der Waals surface area contributed by atoms with Crippen molar-refractivity contribution in [1.29, 1.82) is 0 Å². The molecule has 0 saturated carbocycles. The van der Waals surface area contributed by atoms with Gasteiger partial charge in [0.2, 0.25) is 0 Å². The number of piperazine rings is 1. The first-order chi connectivity index (χ1) is 11.1. The number of likely N-dealkylation sites (N-methyl/N-ethyl adjacent to an activating group) is 1. The highest BCUT2D eigenvalue weighted by molar-refractivity contribution is 5.94. The van der Waals surface area contributed by atoms with Gasteiger partial charge in [-0.3, -0.25) is 4.79 Å². The molecule has 3 rings (SSSR count). The summed E-state index contributed by atoms with van der Waals surface area (Å²) in [4.78, 5) is 20.9. The van der Waals surface area contributed by atoms with Crippen LogP contribution in [0.3, 0.4) is 0 Å². The first kappa shape index (κ1) is 15.6. The molecule has 0 spiro atoms. The summed E-state index contributed by atoms with van der Waals surface area (Å²) in [5, 5.41) is 3.32. The number of carbonyl (C=O) groups is 1. The molecule has 2 aromatic rings. The smallest absolute Gasteiger partial charge is 0.253 e. The van der Waals surface area contributed by atoms with E-state index in [0.29, 0.717) is 6.54 Å². The second-order valence-corrected chi connectivity index (χ2v) is 5.98. The van der Waals surface area contributed by atoms with Crippen LogP contribution < -0.4 is 5.32 Å². The van der Waals surface area contributed by atoms with Gasteiger partial charge in [0.05, 0.1) is 6.54 Å². The van der Waals surface area contributed by atoms with E-state index in [-0.39, 0.29) is 5.91 Å². The van der Waals surface area contributed by atoms with E-state index < -0.39 is 0 Å². The summed E-state index contributed by atoms with van der Waals surface area (Å²) >= 11 is 0. The van der Waals surface area contributed by atoms with Gasteiger partial charge in [-0.25, -0.2) is 4.98 Å². The molecule has 2 heterocycles. The van der Waals surface area contributed by atoms with Gasteiger partial charge in [-0.15, -0.1) is 0 Å². The molecule has 1 saturated heterocycles. The number of hydrogen-bond acceptors (Lipinski definition) is 4. The van der Waals surface area contributed by atoms with Gasteiger partial charge in [0.1, 0.15) is 5.82 Å². The Morgan fingerprint density at radius 2 is 1.83 bits per heavy atom. The Labute approximate surface area is 136 Å². The predicted octanol–water partition coefficient (Wildman–Crippen LogP) is 1.42. The third-order valence-electron chi connectivity index (χ3n) is 4.29. The van der Waals surface area contributed by atoms with E-state index in [1.165, 1.54) is 0 Å². The van der Waals surface area contributed by atoms with Crippen molar-refractivity contribution in [1.82, 2.24) is 19.4 Å². The lowest BCUT2D eigenvalue weighted by molar-refractivity contribution is 0.0664. The molecule has 1 aromatic carbocycles. The number of aromatic nitrogens is 2. The molecular weight excluding hydrogens is 290 g/mol. The minimum absolute atomic E-state index is 0.119. The summed E-state index contributed by atoms with van der Waals surface area (Å²) in [5.41, 5.74) is 1.74. The molecule has 1 aliphatic rings. The molecule has 1 fully saturated rings. The van der Waals surface area contributed by atoms with Gasteiger partial charge in [-0.2, -0.15) is 0 Å². The van der Waals surface area contributed by atoms with Crippen LogP contribution >= 0.6 is 0 Å². The number of anilines is 1. The van der Waals surface area contributed by atoms with Crippen molar-refractivity contribution in [3.05, 3.63) is 48.0 Å². The minimum Gasteiger partial charge on any atom is -0.378 e. The van der Waals surface area contributed by atoms with Gasteiger partial charge < -0.3 is 19.7 Å². The summed E-state index contributed by atoms with van der Waals surface area (Å²) in [5.74, 6) is 1.09. The van der Waals surface area contributed by atoms with Crippen LogP contribution in [0.1, 0.15) is 16.2 Å². The van der Waals surface area contributed by atoms with Crippen LogP contribution in [0.15, 0.2) is 36.7 Å². The fourth-order valence-corrected chi connectivity index (χ4v) is 2.67. The van der Waals surface area contributed by atoms with E-state index in [9.17, 15) is 4.79 Å². The number of nitrogens with zero attached hydrogens (tertiary/aromatic N) is 4. The largest absolute Gasteiger partial charge is 0.378 e. The SMILES string of the molecule is CN1CCN(C(=O)c2ccc(NCc3nccn3C)cc2)CC1. The number of aryl methyl sites for hydroxylation is 1. The third-order valence-corrected chi connectivity index (χ3v) is 4.29. The lowest BCUT2D eigenvalue weighted by Crippen LogP contribution is -2.47. The Kier molecular flexibility index (Phi) is 4.62. The van der Waals surface area contributed by atoms with Crippen LogP contribution in [-0.2, 0) is 13.6 Å². The lowest BCUT2D eigenvalue weighted by atomic mass is 10.1. The standard InChI is InChI=1S/C17H23N5O/c1-20-9-11-22(12-10-20)17(23)14-3-5-15(6-4-14)19-13-16-18-7-8-21(16)2/h3-8,19H,9-13H2,1-2H3. The Balaban J connectivity index is 1.58. The summed E-state index contributed by atoms with van der Waals surface area (Å²) in [6.45, 7) is 4.14. The summed E-state index contributed by atoms with van der Waals surface area (Å²) in [6, 6.07) is 7.68. The number of hydrogen-bond donors (Lipinski definition) is 1. The highest BCUT2D eigenvalue weighted by atomic mass is 16.2. The number of imidazole rings is 1. The van der Waals surface area contributed by atoms with Crippen LogP contribution in [0, 0.1) is 0 Å². The van der Waals surface area contributed by atoms with Gasteiger partial charge in [0.25, 0.3) is 5.91 Å². The van der Waals surface area contributed by atoms with Crippen molar-refractivity contribution in [2.24, 2.45) is 7.05 Å². The average Bonchev–Trinajstić information content (AvgIpc) is 2.99. The fourth-order valence-electron chi connectivity index (χ4n) is 2.67. The van der Waals surface area contributed by atoms with E-state index in [1.807, 2.05) is 47.0 Å². The molecule has 6 heteroatoms. The lowest BCUT2D eigenvalue weighted by Gasteiger charge is -2.32. The number of benzene rings is 1. The van der Waals surface area contributed by atoms with Gasteiger partial charge in [-0.05, 0) is 31.3 Å². The molecule has 0 atom stereocenters. The zero-order valence-electron chi connectivity index (χ0n) is 13.7. The van der Waals surface area contributed by atoms with Crippen molar-refractivity contribution < 1.29 is 4.79 Å². The van der Waals surface area contributed by atoms with E-state index in [4.69, 9.17) is 0 Å². The molecule has 6 nitrogen and oxygen atoms in total. The van der Waals surface area contributed by atoms with E-state index >= 15 is 0 Å². The maximum atomic E-state index is 12.5. The molecule has 1 aliphatic heterocycles. The van der Waals surface area contributed by atoms with Gasteiger partial charge in [0.15, 0.2) is 0 Å². The highest BCUT2D eigenvalue weighted by Crippen LogP contribution is 2.13. The Hall–Kier alpha value is -2.34. The number of rotatable bonds is 4. The van der Waals surface area contributed by atoms with Gasteiger partial charge in [-0.1, -0.05) is 0 Å². The van der Waals surface area contributed by atoms with E-state index in [1.54, 1.807) is 6.20 Å². The second-order valence-electron chi connectivity index (χ2n) is 5.98. The fraction of sp³-hybridized carbons (Fsp3) is 0.412. The molecule has 0 bridgehead atoms. The first-order valence-electron chi connectivity index (χ1n) is 7.91. The zero-order valence-corrected chi connectivity index (χ0v) is 13.7. The minimum atomic E-state index is 0.119. The quantitative estimate of drug-likeness (QED) is 0.927. The molecule has 0 unspecified atom stereocenters. The average molecular weight is 313 g/mol. The summed E-state index contributed by atoms with van der Waals surface area (Å²) in [6.07, 6.45) is 3.71. The predicted molar refractivity (Wildman–Crippen MR) is 90.4 cm³/mol. The Morgan fingerprint density at radius 1 is 1.13 bits per heavy atom. The molecule has 1 amide bonds. The van der Waals surface area contributed by atoms with Crippen molar-refractivity contribution in [3.8, 4) is 0 Å². The summed E-state index contributed by atoms with van der Waals surface area (Å²) in [7, 11) is 4.06. The maximum absolute atomic E-state index is 12.5. The molecule has 0 radical (unpaired) electrons. The van der Waals surface area contributed by atoms with Crippen LogP contribution in [0.2, 0.25) is 0 Å². The van der Waals surface area contributed by atoms with Gasteiger partial charge >= 0.3 is 0 Å². The molecular formula is C17H23N5O. The third kappa shape index (κ3) is 3.71. The van der Waals surface area contributed by atoms with Crippen molar-refractivity contribution >= 4 is 11.6 Å². The number of carbonyl (C=O) groups excluding carboxylic acids is 1. The molecule has 0 aliphatic carbocycles. The van der Waals surface area contributed by atoms with Crippen molar-refractivity contribution in [3.63, 3.8) is 0 Å². The second kappa shape index (κ2) is 6.83. The van der Waals surface area contributed by atoms with E-state index in [0.717, 1.165) is 43.3 Å². The van der Waals surface area contributed by atoms with Crippen LogP contribution in [0.25, 0.3) is 0 Å². The Morgan fingerprint density at radius 3 is 2.43 bits per heavy atom. The highest BCUT2D eigenvalue weighted by Gasteiger charge is 2.20. The zero-order chi connectivity index (χ0) is 16.2. The Bertz CT molecular complexity index is 656. The van der Waals surface area contributed by atoms with Crippen molar-refractivity contribution in [2.75, 3.05) is 38.5 Å². The maximum Gasteiger partial charge on any atom is 0.253 e. The molecule has 1 aromatic heterocycles. The van der Waals surface area contributed by atoms with Crippen LogP contribution in [0.4, 0.5) is 5.69 Å².